The van der Waals surface area contributed by atoms with Gasteiger partial charge in [-0.05, 0) is 22.9 Å². The minimum atomic E-state index is -0.413. The van der Waals surface area contributed by atoms with Crippen molar-refractivity contribution in [2.75, 3.05) is 7.11 Å². The van der Waals surface area contributed by atoms with Gasteiger partial charge in [0, 0.05) is 7.05 Å². The second-order valence-electron chi connectivity index (χ2n) is 3.40. The summed E-state index contributed by atoms with van der Waals surface area (Å²) in [6.07, 6.45) is 1.62. The van der Waals surface area contributed by atoms with Crippen molar-refractivity contribution in [3.63, 3.8) is 0 Å². The third-order valence-corrected chi connectivity index (χ3v) is 4.33. The molecule has 90 valence electrons. The number of carbonyl (C=O) groups excluding carboxylic acids is 1. The van der Waals surface area contributed by atoms with Gasteiger partial charge in [-0.3, -0.25) is 4.68 Å². The number of esters is 1. The molecular formula is C10H10BrN3O2S. The molecule has 0 aliphatic heterocycles. The van der Waals surface area contributed by atoms with Crippen LogP contribution in [0.4, 0.5) is 0 Å². The van der Waals surface area contributed by atoms with Crippen LogP contribution in [0.2, 0.25) is 0 Å². The first-order valence-corrected chi connectivity index (χ1v) is 6.39. The molecule has 2 aromatic heterocycles. The molecule has 0 aliphatic rings. The summed E-state index contributed by atoms with van der Waals surface area (Å²) in [7, 11) is 3.05. The lowest BCUT2D eigenvalue weighted by atomic mass is 10.2. The molecule has 0 radical (unpaired) electrons. The summed E-state index contributed by atoms with van der Waals surface area (Å²) in [5.74, 6) is -0.413. The molecule has 0 bridgehead atoms. The van der Waals surface area contributed by atoms with Crippen LogP contribution in [0.5, 0.6) is 0 Å². The quantitative estimate of drug-likeness (QED) is 0.798. The van der Waals surface area contributed by atoms with Gasteiger partial charge in [0.15, 0.2) is 5.69 Å². The zero-order valence-corrected chi connectivity index (χ0v) is 11.9. The monoisotopic (exact) mass is 315 g/mol. The molecule has 0 saturated carbocycles. The Hall–Kier alpha value is -1.21. The minimum absolute atomic E-state index is 0.411. The highest BCUT2D eigenvalue weighted by atomic mass is 79.9. The lowest BCUT2D eigenvalue weighted by Gasteiger charge is -2.01. The number of methoxy groups -OCH3 is 1. The van der Waals surface area contributed by atoms with Crippen molar-refractivity contribution in [1.82, 2.24) is 14.8 Å². The first-order valence-electron chi connectivity index (χ1n) is 4.78. The van der Waals surface area contributed by atoms with Gasteiger partial charge >= 0.3 is 5.97 Å². The highest BCUT2D eigenvalue weighted by Crippen LogP contribution is 2.33. The lowest BCUT2D eigenvalue weighted by molar-refractivity contribution is 0.0589. The van der Waals surface area contributed by atoms with Crippen molar-refractivity contribution in [2.24, 2.45) is 7.05 Å². The smallest absolute Gasteiger partial charge is 0.357 e. The Morgan fingerprint density at radius 2 is 2.29 bits per heavy atom. The lowest BCUT2D eigenvalue weighted by Crippen LogP contribution is -2.09. The number of rotatable bonds is 2. The minimum Gasteiger partial charge on any atom is -0.464 e. The number of aromatic nitrogens is 3. The molecule has 0 aromatic carbocycles. The first kappa shape index (κ1) is 12.3. The van der Waals surface area contributed by atoms with Crippen molar-refractivity contribution in [1.29, 1.82) is 0 Å². The van der Waals surface area contributed by atoms with Gasteiger partial charge in [0.05, 0.1) is 28.4 Å². The largest absolute Gasteiger partial charge is 0.464 e. The van der Waals surface area contributed by atoms with E-state index in [9.17, 15) is 4.79 Å². The Labute approximate surface area is 111 Å². The average molecular weight is 316 g/mol. The van der Waals surface area contributed by atoms with Crippen LogP contribution in [-0.4, -0.2) is 27.8 Å². The number of halogens is 1. The number of carbonyl (C=O) groups is 1. The summed E-state index contributed by atoms with van der Waals surface area (Å²) in [5, 5.41) is 4.82. The van der Waals surface area contributed by atoms with Crippen LogP contribution in [0.1, 0.15) is 16.2 Å². The number of hydrogen-bond acceptors (Lipinski definition) is 5. The van der Waals surface area contributed by atoms with Crippen LogP contribution in [0, 0.1) is 6.92 Å². The first-order chi connectivity index (χ1) is 8.04. The van der Waals surface area contributed by atoms with E-state index in [1.54, 1.807) is 13.2 Å². The van der Waals surface area contributed by atoms with Crippen molar-refractivity contribution >= 4 is 33.2 Å². The standard InChI is InChI=1S/C10H10BrN3O2S/c1-5-8(11)17-9(13-5)6-4-12-14(2)7(6)10(15)16-3/h4H,1-3H3. The van der Waals surface area contributed by atoms with Gasteiger partial charge in [-0.2, -0.15) is 5.10 Å². The SMILES string of the molecule is COC(=O)c1c(-c2nc(C)c(Br)s2)cnn1C. The second kappa shape index (κ2) is 4.58. The van der Waals surface area contributed by atoms with Crippen molar-refractivity contribution in [3.8, 4) is 10.6 Å². The molecule has 0 fully saturated rings. The molecule has 7 heteroatoms. The summed E-state index contributed by atoms with van der Waals surface area (Å²) >= 11 is 4.88. The maximum Gasteiger partial charge on any atom is 0.357 e. The van der Waals surface area contributed by atoms with E-state index in [4.69, 9.17) is 4.74 Å². The molecule has 2 rings (SSSR count). The fourth-order valence-corrected chi connectivity index (χ4v) is 2.78. The maximum atomic E-state index is 11.7. The predicted molar refractivity (Wildman–Crippen MR) is 68.1 cm³/mol. The highest BCUT2D eigenvalue weighted by molar-refractivity contribution is 9.11. The van der Waals surface area contributed by atoms with E-state index >= 15 is 0 Å². The number of aryl methyl sites for hydroxylation is 2. The Morgan fingerprint density at radius 3 is 2.82 bits per heavy atom. The van der Waals surface area contributed by atoms with Gasteiger partial charge in [0.25, 0.3) is 0 Å². The molecule has 0 saturated heterocycles. The number of hydrogen-bond donors (Lipinski definition) is 0. The van der Waals surface area contributed by atoms with Crippen molar-refractivity contribution in [2.45, 2.75) is 6.92 Å². The molecule has 0 spiro atoms. The third-order valence-electron chi connectivity index (χ3n) is 2.29. The van der Waals surface area contributed by atoms with E-state index in [1.165, 1.54) is 23.1 Å². The summed E-state index contributed by atoms with van der Waals surface area (Å²) in [4.78, 5) is 16.0. The summed E-state index contributed by atoms with van der Waals surface area (Å²) in [5.41, 5.74) is 2.00. The van der Waals surface area contributed by atoms with Gasteiger partial charge in [-0.1, -0.05) is 0 Å². The Kier molecular flexibility index (Phi) is 3.30. The topological polar surface area (TPSA) is 57.0 Å². The molecule has 2 heterocycles. The van der Waals surface area contributed by atoms with Gasteiger partial charge in [0.1, 0.15) is 5.01 Å². The third kappa shape index (κ3) is 2.12. The van der Waals surface area contributed by atoms with Gasteiger partial charge < -0.3 is 4.74 Å². The van der Waals surface area contributed by atoms with E-state index in [1.807, 2.05) is 6.92 Å². The molecule has 2 aromatic rings. The average Bonchev–Trinajstić information content (AvgIpc) is 2.82. The van der Waals surface area contributed by atoms with E-state index in [-0.39, 0.29) is 0 Å². The summed E-state index contributed by atoms with van der Waals surface area (Å²) < 4.78 is 7.18. The van der Waals surface area contributed by atoms with Gasteiger partial charge in [-0.25, -0.2) is 9.78 Å². The Balaban J connectivity index is 2.56. The van der Waals surface area contributed by atoms with Gasteiger partial charge in [0.2, 0.25) is 0 Å². The maximum absolute atomic E-state index is 11.7. The van der Waals surface area contributed by atoms with Gasteiger partial charge in [-0.15, -0.1) is 11.3 Å². The Bertz CT molecular complexity index is 557. The van der Waals surface area contributed by atoms with E-state index in [2.05, 4.69) is 26.0 Å². The van der Waals surface area contributed by atoms with Crippen LogP contribution in [0.25, 0.3) is 10.6 Å². The van der Waals surface area contributed by atoms with Crippen LogP contribution in [-0.2, 0) is 11.8 Å². The van der Waals surface area contributed by atoms with Crippen LogP contribution < -0.4 is 0 Å². The van der Waals surface area contributed by atoms with E-state index in [0.717, 1.165) is 14.5 Å². The van der Waals surface area contributed by atoms with Crippen LogP contribution in [0.3, 0.4) is 0 Å². The number of thiazole rings is 1. The normalized spacial score (nSPS) is 10.6. The van der Waals surface area contributed by atoms with Crippen molar-refractivity contribution < 1.29 is 9.53 Å². The van der Waals surface area contributed by atoms with Crippen molar-refractivity contribution in [3.05, 3.63) is 21.4 Å². The molecule has 0 aliphatic carbocycles. The molecule has 0 atom stereocenters. The second-order valence-corrected chi connectivity index (χ2v) is 5.72. The fraction of sp³-hybridized carbons (Fsp3) is 0.300. The highest BCUT2D eigenvalue weighted by Gasteiger charge is 2.21. The number of nitrogens with zero attached hydrogens (tertiary/aromatic N) is 3. The molecule has 0 unspecified atom stereocenters. The van der Waals surface area contributed by atoms with E-state index in [0.29, 0.717) is 11.3 Å². The molecule has 0 amide bonds. The zero-order chi connectivity index (χ0) is 12.6. The molecule has 5 nitrogen and oxygen atoms in total. The molecule has 17 heavy (non-hydrogen) atoms. The molecule has 0 N–H and O–H groups in total. The Morgan fingerprint density at radius 1 is 1.59 bits per heavy atom. The summed E-state index contributed by atoms with van der Waals surface area (Å²) in [6, 6.07) is 0. The van der Waals surface area contributed by atoms with E-state index < -0.39 is 5.97 Å². The van der Waals surface area contributed by atoms with Crippen LogP contribution >= 0.6 is 27.3 Å². The predicted octanol–water partition coefficient (Wildman–Crippen LogP) is 2.40. The van der Waals surface area contributed by atoms with Crippen LogP contribution in [0.15, 0.2) is 9.98 Å². The zero-order valence-electron chi connectivity index (χ0n) is 9.52. The fourth-order valence-electron chi connectivity index (χ4n) is 1.43. The molecular weight excluding hydrogens is 306 g/mol. The number of ether oxygens (including phenoxy) is 1. The summed E-state index contributed by atoms with van der Waals surface area (Å²) in [6.45, 7) is 1.90.